The number of ether oxygens (including phenoxy) is 1. The zero-order valence-corrected chi connectivity index (χ0v) is 13.5. The molecular weight excluding hydrogens is 357 g/mol. The van der Waals surface area contributed by atoms with Crippen LogP contribution >= 0.6 is 22.6 Å². The Kier molecular flexibility index (Phi) is 4.35. The fourth-order valence-corrected chi connectivity index (χ4v) is 2.40. The lowest BCUT2D eigenvalue weighted by Crippen LogP contribution is -2.06. The lowest BCUT2D eigenvalue weighted by Gasteiger charge is -2.10. The zero-order valence-electron chi connectivity index (χ0n) is 11.4. The summed E-state index contributed by atoms with van der Waals surface area (Å²) in [7, 11) is 5.41. The Morgan fingerprint density at radius 2 is 2.16 bits per heavy atom. The first-order valence-corrected chi connectivity index (χ1v) is 6.88. The van der Waals surface area contributed by atoms with E-state index in [2.05, 4.69) is 43.0 Å². The minimum Gasteiger partial charge on any atom is -0.378 e. The van der Waals surface area contributed by atoms with E-state index in [-0.39, 0.29) is 0 Å². The summed E-state index contributed by atoms with van der Waals surface area (Å²) in [4.78, 5) is 9.12. The van der Waals surface area contributed by atoms with Crippen LogP contribution in [0, 0.1) is 10.5 Å². The van der Waals surface area contributed by atoms with Crippen molar-refractivity contribution < 1.29 is 4.74 Å². The van der Waals surface area contributed by atoms with Gasteiger partial charge in [-0.25, -0.2) is 9.97 Å². The van der Waals surface area contributed by atoms with Crippen LogP contribution in [0.25, 0.3) is 11.4 Å². The Hall–Kier alpha value is -1.22. The van der Waals surface area contributed by atoms with Gasteiger partial charge in [0, 0.05) is 26.9 Å². The van der Waals surface area contributed by atoms with Gasteiger partial charge in [-0.05, 0) is 29.5 Å². The van der Waals surface area contributed by atoms with Gasteiger partial charge in [0.2, 0.25) is 0 Å². The molecule has 0 saturated carbocycles. The SMILES string of the molecule is CNc1nc(-c2cnn(C)c2C)nc(COC)c1I. The van der Waals surface area contributed by atoms with Crippen molar-refractivity contribution in [1.82, 2.24) is 19.7 Å². The third-order valence-corrected chi connectivity index (χ3v) is 4.05. The Morgan fingerprint density at radius 3 is 2.68 bits per heavy atom. The largest absolute Gasteiger partial charge is 0.378 e. The first kappa shape index (κ1) is 14.2. The molecule has 0 fully saturated rings. The number of hydrogen-bond acceptors (Lipinski definition) is 5. The van der Waals surface area contributed by atoms with Crippen LogP contribution in [0.3, 0.4) is 0 Å². The molecule has 7 heteroatoms. The lowest BCUT2D eigenvalue weighted by atomic mass is 10.2. The Balaban J connectivity index is 2.57. The van der Waals surface area contributed by atoms with Crippen molar-refractivity contribution in [2.45, 2.75) is 13.5 Å². The smallest absolute Gasteiger partial charge is 0.165 e. The van der Waals surface area contributed by atoms with Gasteiger partial charge >= 0.3 is 0 Å². The molecule has 0 aliphatic carbocycles. The molecule has 0 aliphatic rings. The van der Waals surface area contributed by atoms with Crippen molar-refractivity contribution in [2.24, 2.45) is 7.05 Å². The third-order valence-electron chi connectivity index (χ3n) is 2.91. The maximum absolute atomic E-state index is 5.19. The van der Waals surface area contributed by atoms with Crippen molar-refractivity contribution in [2.75, 3.05) is 19.5 Å². The normalized spacial score (nSPS) is 10.8. The van der Waals surface area contributed by atoms with Crippen LogP contribution in [-0.4, -0.2) is 33.9 Å². The van der Waals surface area contributed by atoms with E-state index in [0.717, 1.165) is 26.3 Å². The molecule has 0 unspecified atom stereocenters. The molecule has 2 aromatic rings. The number of methoxy groups -OCH3 is 1. The molecule has 0 aliphatic heterocycles. The van der Waals surface area contributed by atoms with Crippen LogP contribution in [0.2, 0.25) is 0 Å². The first-order chi connectivity index (χ1) is 9.08. The molecule has 0 saturated heterocycles. The summed E-state index contributed by atoms with van der Waals surface area (Å²) in [6.45, 7) is 2.46. The van der Waals surface area contributed by atoms with E-state index >= 15 is 0 Å². The van der Waals surface area contributed by atoms with Gasteiger partial charge in [-0.15, -0.1) is 0 Å². The van der Waals surface area contributed by atoms with Gasteiger partial charge in [0.05, 0.1) is 27.6 Å². The number of hydrogen-bond donors (Lipinski definition) is 1. The molecule has 0 aromatic carbocycles. The van der Waals surface area contributed by atoms with Crippen LogP contribution in [-0.2, 0) is 18.4 Å². The summed E-state index contributed by atoms with van der Waals surface area (Å²) in [5, 5.41) is 7.32. The fraction of sp³-hybridized carbons (Fsp3) is 0.417. The van der Waals surface area contributed by atoms with E-state index in [1.165, 1.54) is 0 Å². The number of aromatic nitrogens is 4. The minimum absolute atomic E-state index is 0.460. The highest BCUT2D eigenvalue weighted by Crippen LogP contribution is 2.25. The molecule has 6 nitrogen and oxygen atoms in total. The number of nitrogens with zero attached hydrogens (tertiary/aromatic N) is 4. The predicted molar refractivity (Wildman–Crippen MR) is 81.9 cm³/mol. The van der Waals surface area contributed by atoms with E-state index in [0.29, 0.717) is 12.4 Å². The zero-order chi connectivity index (χ0) is 14.0. The quantitative estimate of drug-likeness (QED) is 0.831. The topological polar surface area (TPSA) is 64.9 Å². The van der Waals surface area contributed by atoms with Crippen LogP contribution in [0.15, 0.2) is 6.20 Å². The van der Waals surface area contributed by atoms with Crippen molar-refractivity contribution in [1.29, 1.82) is 0 Å². The Morgan fingerprint density at radius 1 is 1.42 bits per heavy atom. The molecule has 19 heavy (non-hydrogen) atoms. The summed E-state index contributed by atoms with van der Waals surface area (Å²) in [6, 6.07) is 0. The highest BCUT2D eigenvalue weighted by atomic mass is 127. The summed E-state index contributed by atoms with van der Waals surface area (Å²) in [5.74, 6) is 1.48. The molecule has 0 radical (unpaired) electrons. The van der Waals surface area contributed by atoms with Gasteiger partial charge in [-0.3, -0.25) is 4.68 Å². The second-order valence-electron chi connectivity index (χ2n) is 4.11. The number of anilines is 1. The number of aryl methyl sites for hydroxylation is 1. The average Bonchev–Trinajstić information content (AvgIpc) is 2.73. The second kappa shape index (κ2) is 5.83. The average molecular weight is 373 g/mol. The van der Waals surface area contributed by atoms with Gasteiger partial charge < -0.3 is 10.1 Å². The summed E-state index contributed by atoms with van der Waals surface area (Å²) in [6.07, 6.45) is 1.79. The van der Waals surface area contributed by atoms with Gasteiger partial charge in [-0.1, -0.05) is 0 Å². The number of halogens is 1. The van der Waals surface area contributed by atoms with Gasteiger partial charge in [0.25, 0.3) is 0 Å². The van der Waals surface area contributed by atoms with E-state index in [1.54, 1.807) is 13.3 Å². The molecule has 2 rings (SSSR count). The lowest BCUT2D eigenvalue weighted by molar-refractivity contribution is 0.181. The first-order valence-electron chi connectivity index (χ1n) is 5.80. The van der Waals surface area contributed by atoms with Crippen LogP contribution in [0.5, 0.6) is 0 Å². The van der Waals surface area contributed by atoms with Crippen LogP contribution in [0.1, 0.15) is 11.4 Å². The molecule has 0 spiro atoms. The molecular formula is C12H16IN5O. The molecule has 0 bridgehead atoms. The van der Waals surface area contributed by atoms with Gasteiger partial charge in [-0.2, -0.15) is 5.10 Å². The third kappa shape index (κ3) is 2.71. The van der Waals surface area contributed by atoms with Crippen molar-refractivity contribution in [3.63, 3.8) is 0 Å². The Labute approximate surface area is 125 Å². The number of rotatable bonds is 4. The van der Waals surface area contributed by atoms with Gasteiger partial charge in [0.15, 0.2) is 5.82 Å². The van der Waals surface area contributed by atoms with Crippen LogP contribution in [0.4, 0.5) is 5.82 Å². The highest BCUT2D eigenvalue weighted by molar-refractivity contribution is 14.1. The highest BCUT2D eigenvalue weighted by Gasteiger charge is 2.15. The maximum Gasteiger partial charge on any atom is 0.165 e. The molecule has 2 heterocycles. The molecule has 2 aromatic heterocycles. The van der Waals surface area contributed by atoms with Crippen molar-refractivity contribution in [3.05, 3.63) is 21.2 Å². The van der Waals surface area contributed by atoms with E-state index in [1.807, 2.05) is 25.7 Å². The standard InChI is InChI=1S/C12H16IN5O/c1-7-8(5-15-18(7)3)11-16-9(6-19-4)10(13)12(14-2)17-11/h5H,6H2,1-4H3,(H,14,16,17). The van der Waals surface area contributed by atoms with E-state index < -0.39 is 0 Å². The molecule has 0 amide bonds. The minimum atomic E-state index is 0.460. The maximum atomic E-state index is 5.19. The summed E-state index contributed by atoms with van der Waals surface area (Å²) >= 11 is 2.23. The molecule has 1 N–H and O–H groups in total. The van der Waals surface area contributed by atoms with Gasteiger partial charge in [0.1, 0.15) is 5.82 Å². The predicted octanol–water partition coefficient (Wildman–Crippen LogP) is 1.98. The fourth-order valence-electron chi connectivity index (χ4n) is 1.73. The molecule has 102 valence electrons. The number of nitrogens with one attached hydrogen (secondary N) is 1. The van der Waals surface area contributed by atoms with E-state index in [9.17, 15) is 0 Å². The van der Waals surface area contributed by atoms with Crippen LogP contribution < -0.4 is 5.32 Å². The molecule has 0 atom stereocenters. The van der Waals surface area contributed by atoms with E-state index in [4.69, 9.17) is 4.74 Å². The Bertz CT molecular complexity index is 596. The second-order valence-corrected chi connectivity index (χ2v) is 5.19. The summed E-state index contributed by atoms with van der Waals surface area (Å²) in [5.41, 5.74) is 2.85. The van der Waals surface area contributed by atoms with Crippen molar-refractivity contribution in [3.8, 4) is 11.4 Å². The summed E-state index contributed by atoms with van der Waals surface area (Å²) < 4.78 is 7.98. The van der Waals surface area contributed by atoms with Crippen molar-refractivity contribution >= 4 is 28.4 Å². The monoisotopic (exact) mass is 373 g/mol.